The summed E-state index contributed by atoms with van der Waals surface area (Å²) in [5.41, 5.74) is 3.27. The number of carbonyl (C=O) groups is 2. The Balaban J connectivity index is 1.51. The first-order valence-corrected chi connectivity index (χ1v) is 12.7. The SMILES string of the molecule is CC(C)[C@@H](NC(=O)c1ccccc1-c1ccccc1)C(=O)N1CCC(c2ccc(F)cc2)C(C)(C)C1. The lowest BCUT2D eigenvalue weighted by molar-refractivity contribution is -0.137. The minimum Gasteiger partial charge on any atom is -0.340 e. The first-order valence-electron chi connectivity index (χ1n) is 12.7. The number of halogens is 1. The maximum absolute atomic E-state index is 13.7. The van der Waals surface area contributed by atoms with Crippen LogP contribution >= 0.6 is 0 Å². The van der Waals surface area contributed by atoms with Crippen molar-refractivity contribution >= 4 is 11.8 Å². The van der Waals surface area contributed by atoms with Crippen molar-refractivity contribution in [3.63, 3.8) is 0 Å². The molecule has 4 rings (SSSR count). The van der Waals surface area contributed by atoms with E-state index in [2.05, 4.69) is 19.2 Å². The molecule has 0 spiro atoms. The number of hydrogen-bond acceptors (Lipinski definition) is 2. The maximum atomic E-state index is 13.7. The van der Waals surface area contributed by atoms with Crippen LogP contribution in [0.1, 0.15) is 56.0 Å². The highest BCUT2D eigenvalue weighted by molar-refractivity contribution is 6.02. The lowest BCUT2D eigenvalue weighted by Crippen LogP contribution is -2.55. The molecule has 0 saturated carbocycles. The summed E-state index contributed by atoms with van der Waals surface area (Å²) in [5, 5.41) is 3.04. The van der Waals surface area contributed by atoms with E-state index in [-0.39, 0.29) is 34.9 Å². The molecular weight excluding hydrogens is 451 g/mol. The zero-order valence-electron chi connectivity index (χ0n) is 21.5. The minimum atomic E-state index is -0.625. The van der Waals surface area contributed by atoms with Crippen LogP contribution in [0.2, 0.25) is 0 Å². The molecule has 3 aromatic carbocycles. The van der Waals surface area contributed by atoms with Gasteiger partial charge in [-0.1, -0.05) is 88.4 Å². The second-order valence-corrected chi connectivity index (χ2v) is 10.7. The van der Waals surface area contributed by atoms with Gasteiger partial charge in [0.1, 0.15) is 11.9 Å². The Kier molecular flexibility index (Phi) is 7.58. The molecule has 3 aromatic rings. The van der Waals surface area contributed by atoms with Crippen molar-refractivity contribution in [3.8, 4) is 11.1 Å². The summed E-state index contributed by atoms with van der Waals surface area (Å²) >= 11 is 0. The van der Waals surface area contributed by atoms with Crippen molar-refractivity contribution in [2.24, 2.45) is 11.3 Å². The van der Waals surface area contributed by atoms with Crippen molar-refractivity contribution < 1.29 is 14.0 Å². The molecule has 5 heteroatoms. The highest BCUT2D eigenvalue weighted by atomic mass is 19.1. The number of amides is 2. The molecule has 36 heavy (non-hydrogen) atoms. The van der Waals surface area contributed by atoms with E-state index in [0.717, 1.165) is 23.1 Å². The molecular formula is C31H35FN2O2. The van der Waals surface area contributed by atoms with Crippen LogP contribution in [0, 0.1) is 17.2 Å². The lowest BCUT2D eigenvalue weighted by atomic mass is 9.70. The number of nitrogens with zero attached hydrogens (tertiary/aromatic N) is 1. The van der Waals surface area contributed by atoms with Gasteiger partial charge in [-0.2, -0.15) is 0 Å². The maximum Gasteiger partial charge on any atom is 0.252 e. The fourth-order valence-corrected chi connectivity index (χ4v) is 5.34. The Hall–Kier alpha value is -3.47. The molecule has 1 heterocycles. The molecule has 1 N–H and O–H groups in total. The lowest BCUT2D eigenvalue weighted by Gasteiger charge is -2.45. The van der Waals surface area contributed by atoms with E-state index in [1.54, 1.807) is 6.07 Å². The molecule has 0 radical (unpaired) electrons. The third kappa shape index (κ3) is 5.51. The Labute approximate surface area is 213 Å². The van der Waals surface area contributed by atoms with Crippen LogP contribution < -0.4 is 5.32 Å². The van der Waals surface area contributed by atoms with E-state index in [0.29, 0.717) is 18.7 Å². The third-order valence-electron chi connectivity index (χ3n) is 7.29. The monoisotopic (exact) mass is 486 g/mol. The van der Waals surface area contributed by atoms with E-state index in [1.807, 2.05) is 79.4 Å². The van der Waals surface area contributed by atoms with Gasteiger partial charge in [0.05, 0.1) is 0 Å². The zero-order valence-corrected chi connectivity index (χ0v) is 21.5. The van der Waals surface area contributed by atoms with Gasteiger partial charge in [0.15, 0.2) is 0 Å². The predicted molar refractivity (Wildman–Crippen MR) is 142 cm³/mol. The van der Waals surface area contributed by atoms with Crippen LogP contribution in [-0.2, 0) is 4.79 Å². The Morgan fingerprint density at radius 1 is 0.944 bits per heavy atom. The standard InChI is InChI=1S/C31H35FN2O2/c1-21(2)28(33-29(35)26-13-9-8-12-25(26)22-10-6-5-7-11-22)30(36)34-19-18-27(31(3,4)20-34)23-14-16-24(32)17-15-23/h5-17,21,27-28H,18-20H2,1-4H3,(H,33,35)/t27?,28-/m1/s1. The summed E-state index contributed by atoms with van der Waals surface area (Å²) in [6.07, 6.45) is 0.792. The van der Waals surface area contributed by atoms with E-state index < -0.39 is 6.04 Å². The van der Waals surface area contributed by atoms with Crippen LogP contribution in [0.4, 0.5) is 4.39 Å². The summed E-state index contributed by atoms with van der Waals surface area (Å²) in [7, 11) is 0. The first-order chi connectivity index (χ1) is 17.2. The normalized spacial score (nSPS) is 18.1. The van der Waals surface area contributed by atoms with Crippen LogP contribution in [-0.4, -0.2) is 35.8 Å². The van der Waals surface area contributed by atoms with E-state index in [1.165, 1.54) is 12.1 Å². The Bertz CT molecular complexity index is 1200. The van der Waals surface area contributed by atoms with Crippen molar-refractivity contribution in [1.82, 2.24) is 10.2 Å². The molecule has 188 valence electrons. The van der Waals surface area contributed by atoms with Crippen molar-refractivity contribution in [1.29, 1.82) is 0 Å². The molecule has 1 aliphatic heterocycles. The fraction of sp³-hybridized carbons (Fsp3) is 0.355. The molecule has 2 atom stereocenters. The molecule has 2 amide bonds. The predicted octanol–water partition coefficient (Wildman–Crippen LogP) is 6.29. The molecule has 0 aromatic heterocycles. The van der Waals surface area contributed by atoms with E-state index in [4.69, 9.17) is 0 Å². The molecule has 0 bridgehead atoms. The summed E-state index contributed by atoms with van der Waals surface area (Å²) < 4.78 is 13.4. The van der Waals surface area contributed by atoms with Crippen LogP contribution in [0.15, 0.2) is 78.9 Å². The van der Waals surface area contributed by atoms with Gasteiger partial charge in [-0.25, -0.2) is 4.39 Å². The number of likely N-dealkylation sites (tertiary alicyclic amines) is 1. The number of benzene rings is 3. The van der Waals surface area contributed by atoms with Gasteiger partial charge >= 0.3 is 0 Å². The van der Waals surface area contributed by atoms with E-state index >= 15 is 0 Å². The summed E-state index contributed by atoms with van der Waals surface area (Å²) in [4.78, 5) is 29.0. The molecule has 4 nitrogen and oxygen atoms in total. The molecule has 1 fully saturated rings. The summed E-state index contributed by atoms with van der Waals surface area (Å²) in [6, 6.07) is 23.4. The average Bonchev–Trinajstić information content (AvgIpc) is 2.87. The highest BCUT2D eigenvalue weighted by Gasteiger charge is 2.40. The summed E-state index contributed by atoms with van der Waals surface area (Å²) in [5.74, 6) is -0.382. The van der Waals surface area contributed by atoms with Gasteiger partial charge in [-0.15, -0.1) is 0 Å². The first kappa shape index (κ1) is 25.6. The van der Waals surface area contributed by atoms with Gasteiger partial charge < -0.3 is 10.2 Å². The molecule has 1 unspecified atom stereocenters. The van der Waals surface area contributed by atoms with Gasteiger partial charge in [0.25, 0.3) is 5.91 Å². The van der Waals surface area contributed by atoms with Crippen LogP contribution in [0.25, 0.3) is 11.1 Å². The second kappa shape index (κ2) is 10.7. The smallest absolute Gasteiger partial charge is 0.252 e. The van der Waals surface area contributed by atoms with Gasteiger partial charge in [-0.3, -0.25) is 9.59 Å². The Morgan fingerprint density at radius 3 is 2.22 bits per heavy atom. The summed E-state index contributed by atoms with van der Waals surface area (Å²) in [6.45, 7) is 9.40. The largest absolute Gasteiger partial charge is 0.340 e. The quantitative estimate of drug-likeness (QED) is 0.445. The zero-order chi connectivity index (χ0) is 25.9. The second-order valence-electron chi connectivity index (χ2n) is 10.7. The van der Waals surface area contributed by atoms with Crippen molar-refractivity contribution in [2.45, 2.75) is 46.1 Å². The Morgan fingerprint density at radius 2 is 1.58 bits per heavy atom. The number of piperidine rings is 1. The number of rotatable bonds is 6. The van der Waals surface area contributed by atoms with Crippen LogP contribution in [0.3, 0.4) is 0 Å². The fourth-order valence-electron chi connectivity index (χ4n) is 5.34. The van der Waals surface area contributed by atoms with Gasteiger partial charge in [0.2, 0.25) is 5.91 Å². The number of hydrogen-bond donors (Lipinski definition) is 1. The number of nitrogens with one attached hydrogen (secondary N) is 1. The van der Waals surface area contributed by atoms with Crippen molar-refractivity contribution in [3.05, 3.63) is 95.8 Å². The third-order valence-corrected chi connectivity index (χ3v) is 7.29. The number of carbonyl (C=O) groups excluding carboxylic acids is 2. The van der Waals surface area contributed by atoms with Gasteiger partial charge in [-0.05, 0) is 58.6 Å². The molecule has 1 aliphatic rings. The average molecular weight is 487 g/mol. The minimum absolute atomic E-state index is 0.0545. The van der Waals surface area contributed by atoms with Crippen molar-refractivity contribution in [2.75, 3.05) is 13.1 Å². The highest BCUT2D eigenvalue weighted by Crippen LogP contribution is 2.42. The molecule has 1 saturated heterocycles. The van der Waals surface area contributed by atoms with E-state index in [9.17, 15) is 14.0 Å². The van der Waals surface area contributed by atoms with Gasteiger partial charge in [0, 0.05) is 18.7 Å². The molecule has 0 aliphatic carbocycles. The van der Waals surface area contributed by atoms with Crippen LogP contribution in [0.5, 0.6) is 0 Å². The topological polar surface area (TPSA) is 49.4 Å².